The number of hydrogen-bond acceptors (Lipinski definition) is 2. The molecule has 0 aliphatic rings. The standard InChI is InChI=1S/C16H12ClFN2O2S/c17-13-10-11(7-8-14(13)18)20-9-3-5-15(20)12-4-1-2-6-16(12)23(19,21)22/h1-10H,(H2,19,21,22). The van der Waals surface area contributed by atoms with Crippen molar-refractivity contribution in [3.63, 3.8) is 0 Å². The molecule has 0 saturated heterocycles. The van der Waals surface area contributed by atoms with Crippen molar-refractivity contribution in [3.8, 4) is 16.9 Å². The van der Waals surface area contributed by atoms with Gasteiger partial charge in [0.05, 0.1) is 15.6 Å². The van der Waals surface area contributed by atoms with E-state index in [2.05, 4.69) is 0 Å². The van der Waals surface area contributed by atoms with Gasteiger partial charge in [0, 0.05) is 17.4 Å². The number of aromatic nitrogens is 1. The molecule has 4 nitrogen and oxygen atoms in total. The second-order valence-corrected chi connectivity index (χ2v) is 6.84. The summed E-state index contributed by atoms with van der Waals surface area (Å²) in [5.41, 5.74) is 1.68. The van der Waals surface area contributed by atoms with Crippen LogP contribution < -0.4 is 5.14 Å². The van der Waals surface area contributed by atoms with Crippen molar-refractivity contribution in [2.24, 2.45) is 5.14 Å². The lowest BCUT2D eigenvalue weighted by Crippen LogP contribution is -2.13. The Morgan fingerprint density at radius 1 is 1.04 bits per heavy atom. The van der Waals surface area contributed by atoms with Gasteiger partial charge in [-0.25, -0.2) is 17.9 Å². The Morgan fingerprint density at radius 2 is 1.78 bits per heavy atom. The molecule has 0 fully saturated rings. The summed E-state index contributed by atoms with van der Waals surface area (Å²) in [5, 5.41) is 5.28. The van der Waals surface area contributed by atoms with Gasteiger partial charge >= 0.3 is 0 Å². The van der Waals surface area contributed by atoms with E-state index >= 15 is 0 Å². The lowest BCUT2D eigenvalue weighted by Gasteiger charge is -2.13. The molecule has 0 aliphatic heterocycles. The zero-order chi connectivity index (χ0) is 16.6. The Morgan fingerprint density at radius 3 is 2.48 bits per heavy atom. The van der Waals surface area contributed by atoms with Gasteiger partial charge in [-0.3, -0.25) is 0 Å². The average Bonchev–Trinajstić information content (AvgIpc) is 2.98. The third-order valence-corrected chi connectivity index (χ3v) is 4.66. The highest BCUT2D eigenvalue weighted by atomic mass is 35.5. The minimum atomic E-state index is -3.87. The van der Waals surface area contributed by atoms with Crippen molar-refractivity contribution < 1.29 is 12.8 Å². The van der Waals surface area contributed by atoms with Crippen molar-refractivity contribution in [2.75, 3.05) is 0 Å². The fourth-order valence-electron chi connectivity index (χ4n) is 2.39. The van der Waals surface area contributed by atoms with Gasteiger partial charge in [-0.1, -0.05) is 29.8 Å². The molecule has 0 radical (unpaired) electrons. The molecule has 2 N–H and O–H groups in total. The first kappa shape index (κ1) is 15.7. The third kappa shape index (κ3) is 3.01. The van der Waals surface area contributed by atoms with Gasteiger partial charge in [0.25, 0.3) is 0 Å². The van der Waals surface area contributed by atoms with Gasteiger partial charge in [-0.05, 0) is 36.4 Å². The first-order valence-corrected chi connectivity index (χ1v) is 8.55. The smallest absolute Gasteiger partial charge is 0.238 e. The Bertz CT molecular complexity index is 983. The lowest BCUT2D eigenvalue weighted by atomic mass is 10.1. The van der Waals surface area contributed by atoms with Crippen LogP contribution in [0.5, 0.6) is 0 Å². The van der Waals surface area contributed by atoms with Gasteiger partial charge in [0.1, 0.15) is 5.82 Å². The Hall–Kier alpha value is -2.15. The maximum Gasteiger partial charge on any atom is 0.238 e. The summed E-state index contributed by atoms with van der Waals surface area (Å²) in [6.45, 7) is 0. The molecule has 0 bridgehead atoms. The summed E-state index contributed by atoms with van der Waals surface area (Å²) >= 11 is 5.83. The summed E-state index contributed by atoms with van der Waals surface area (Å²) in [6.07, 6.45) is 1.73. The van der Waals surface area contributed by atoms with Gasteiger partial charge < -0.3 is 4.57 Å². The molecule has 0 amide bonds. The Kier molecular flexibility index (Phi) is 3.97. The number of nitrogens with two attached hydrogens (primary N) is 1. The van der Waals surface area contributed by atoms with E-state index in [4.69, 9.17) is 16.7 Å². The lowest BCUT2D eigenvalue weighted by molar-refractivity contribution is 0.598. The summed E-state index contributed by atoms with van der Waals surface area (Å²) in [4.78, 5) is 0.0214. The molecule has 23 heavy (non-hydrogen) atoms. The van der Waals surface area contributed by atoms with E-state index in [9.17, 15) is 12.8 Å². The Labute approximate surface area is 138 Å². The van der Waals surface area contributed by atoms with E-state index in [1.807, 2.05) is 0 Å². The van der Waals surface area contributed by atoms with Crippen molar-refractivity contribution in [1.29, 1.82) is 0 Å². The largest absolute Gasteiger partial charge is 0.316 e. The maximum atomic E-state index is 13.3. The zero-order valence-corrected chi connectivity index (χ0v) is 13.4. The average molecular weight is 351 g/mol. The molecule has 0 atom stereocenters. The van der Waals surface area contributed by atoms with Crippen molar-refractivity contribution in [2.45, 2.75) is 4.90 Å². The summed E-state index contributed by atoms with van der Waals surface area (Å²) in [7, 11) is -3.87. The molecule has 0 unspecified atom stereocenters. The topological polar surface area (TPSA) is 65.1 Å². The van der Waals surface area contributed by atoms with Crippen LogP contribution >= 0.6 is 11.6 Å². The van der Waals surface area contributed by atoms with Crippen LogP contribution in [0, 0.1) is 5.82 Å². The molecule has 118 valence electrons. The van der Waals surface area contributed by atoms with Crippen molar-refractivity contribution in [1.82, 2.24) is 4.57 Å². The minimum absolute atomic E-state index is 0.0121. The van der Waals surface area contributed by atoms with Crippen molar-refractivity contribution in [3.05, 3.63) is 71.6 Å². The van der Waals surface area contributed by atoms with Gasteiger partial charge in [0.15, 0.2) is 0 Å². The first-order valence-electron chi connectivity index (χ1n) is 6.63. The van der Waals surface area contributed by atoms with Crippen LogP contribution in [0.1, 0.15) is 0 Å². The zero-order valence-electron chi connectivity index (χ0n) is 11.8. The molecule has 3 aromatic rings. The molecule has 1 heterocycles. The van der Waals surface area contributed by atoms with Gasteiger partial charge in [0.2, 0.25) is 10.0 Å². The first-order chi connectivity index (χ1) is 10.9. The second kappa shape index (κ2) is 5.81. The van der Waals surface area contributed by atoms with Gasteiger partial charge in [-0.2, -0.15) is 0 Å². The van der Waals surface area contributed by atoms with Crippen molar-refractivity contribution >= 4 is 21.6 Å². The predicted molar refractivity (Wildman–Crippen MR) is 87.5 cm³/mol. The number of benzene rings is 2. The maximum absolute atomic E-state index is 13.3. The molecule has 0 aliphatic carbocycles. The second-order valence-electron chi connectivity index (χ2n) is 4.90. The normalized spacial score (nSPS) is 11.6. The molecule has 2 aromatic carbocycles. The minimum Gasteiger partial charge on any atom is -0.316 e. The number of primary sulfonamides is 1. The molecule has 1 aromatic heterocycles. The van der Waals surface area contributed by atoms with Crippen LogP contribution in [0.4, 0.5) is 4.39 Å². The molecule has 0 spiro atoms. The van der Waals surface area contributed by atoms with E-state index in [0.29, 0.717) is 16.9 Å². The van der Waals surface area contributed by atoms with Crippen LogP contribution in [0.25, 0.3) is 16.9 Å². The summed E-state index contributed by atoms with van der Waals surface area (Å²) < 4.78 is 38.7. The highest BCUT2D eigenvalue weighted by Gasteiger charge is 2.17. The molecular formula is C16H12ClFN2O2S. The van der Waals surface area contributed by atoms with E-state index in [1.54, 1.807) is 47.2 Å². The monoisotopic (exact) mass is 350 g/mol. The van der Waals surface area contributed by atoms with E-state index in [0.717, 1.165) is 0 Å². The third-order valence-electron chi connectivity index (χ3n) is 3.40. The fraction of sp³-hybridized carbons (Fsp3) is 0. The molecule has 0 saturated carbocycles. The van der Waals surface area contributed by atoms with Crippen LogP contribution in [0.2, 0.25) is 5.02 Å². The number of nitrogens with zero attached hydrogens (tertiary/aromatic N) is 1. The van der Waals surface area contributed by atoms with E-state index < -0.39 is 15.8 Å². The van der Waals surface area contributed by atoms with Crippen LogP contribution in [-0.4, -0.2) is 13.0 Å². The number of halogens is 2. The molecule has 7 heteroatoms. The van der Waals surface area contributed by atoms with E-state index in [-0.39, 0.29) is 9.92 Å². The quantitative estimate of drug-likeness (QED) is 0.784. The predicted octanol–water partition coefficient (Wildman–Crippen LogP) is 3.58. The van der Waals surface area contributed by atoms with E-state index in [1.165, 1.54) is 18.2 Å². The number of hydrogen-bond donors (Lipinski definition) is 1. The summed E-state index contributed by atoms with van der Waals surface area (Å²) in [5.74, 6) is -0.519. The molecule has 3 rings (SSSR count). The van der Waals surface area contributed by atoms with Crippen LogP contribution in [0.15, 0.2) is 65.7 Å². The molecular weight excluding hydrogens is 339 g/mol. The van der Waals surface area contributed by atoms with Crippen LogP contribution in [0.3, 0.4) is 0 Å². The highest BCUT2D eigenvalue weighted by molar-refractivity contribution is 7.89. The highest BCUT2D eigenvalue weighted by Crippen LogP contribution is 2.30. The summed E-state index contributed by atoms with van der Waals surface area (Å²) in [6, 6.07) is 14.2. The number of rotatable bonds is 3. The number of sulfonamides is 1. The fourth-order valence-corrected chi connectivity index (χ4v) is 3.31. The van der Waals surface area contributed by atoms with Crippen LogP contribution in [-0.2, 0) is 10.0 Å². The van der Waals surface area contributed by atoms with Gasteiger partial charge in [-0.15, -0.1) is 0 Å². The Balaban J connectivity index is 2.22. The SMILES string of the molecule is NS(=O)(=O)c1ccccc1-c1cccn1-c1ccc(F)c(Cl)c1.